The molecule has 6 nitrogen and oxygen atoms in total. The van der Waals surface area contributed by atoms with Crippen LogP contribution in [0, 0.1) is 0 Å². The van der Waals surface area contributed by atoms with E-state index in [0.717, 1.165) is 16.6 Å². The molecule has 0 bridgehead atoms. The molecule has 0 aliphatic rings. The number of H-pyrrole nitrogens is 1. The van der Waals surface area contributed by atoms with Gasteiger partial charge in [-0.2, -0.15) is 0 Å². The summed E-state index contributed by atoms with van der Waals surface area (Å²) in [6, 6.07) is 17.0. The summed E-state index contributed by atoms with van der Waals surface area (Å²) in [6.45, 7) is 0. The van der Waals surface area contributed by atoms with Crippen molar-refractivity contribution in [3.63, 3.8) is 0 Å². The average Bonchev–Trinajstić information content (AvgIpc) is 3.02. The first-order valence-corrected chi connectivity index (χ1v) is 8.38. The number of nitrogens with one attached hydrogen (secondary N) is 3. The molecule has 3 rings (SSSR count). The van der Waals surface area contributed by atoms with Gasteiger partial charge in [0.2, 0.25) is 11.8 Å². The maximum Gasteiger partial charge on any atom is 0.248 e. The van der Waals surface area contributed by atoms with E-state index < -0.39 is 0 Å². The van der Waals surface area contributed by atoms with Crippen molar-refractivity contribution in [2.75, 3.05) is 5.75 Å². The number of nitrogens with zero attached hydrogens (tertiary/aromatic N) is 1. The monoisotopic (exact) mass is 340 g/mol. The van der Waals surface area contributed by atoms with Crippen LogP contribution < -0.4 is 10.9 Å². The van der Waals surface area contributed by atoms with Crippen LogP contribution in [0.3, 0.4) is 0 Å². The normalized spacial score (nSPS) is 10.5. The summed E-state index contributed by atoms with van der Waals surface area (Å²) in [5.74, 6) is -0.393. The molecule has 0 aliphatic carbocycles. The fraction of sp³-hybridized carbons (Fsp3) is 0.118. The molecule has 0 radical (unpaired) electrons. The number of imidazole rings is 1. The number of hydrazine groups is 1. The maximum atomic E-state index is 11.8. The van der Waals surface area contributed by atoms with Crippen LogP contribution in [0.2, 0.25) is 0 Å². The van der Waals surface area contributed by atoms with Crippen LogP contribution in [0.15, 0.2) is 59.8 Å². The molecule has 0 aliphatic heterocycles. The number of aromatic nitrogens is 2. The fourth-order valence-electron chi connectivity index (χ4n) is 2.13. The van der Waals surface area contributed by atoms with Gasteiger partial charge in [0.1, 0.15) is 0 Å². The molecule has 0 unspecified atom stereocenters. The highest BCUT2D eigenvalue weighted by molar-refractivity contribution is 7.99. The van der Waals surface area contributed by atoms with Gasteiger partial charge >= 0.3 is 0 Å². The fourth-order valence-corrected chi connectivity index (χ4v) is 2.82. The zero-order valence-electron chi connectivity index (χ0n) is 12.8. The van der Waals surface area contributed by atoms with Gasteiger partial charge < -0.3 is 4.98 Å². The third-order valence-corrected chi connectivity index (χ3v) is 4.13. The molecule has 0 saturated heterocycles. The van der Waals surface area contributed by atoms with E-state index >= 15 is 0 Å². The number of benzene rings is 2. The highest BCUT2D eigenvalue weighted by Gasteiger charge is 2.08. The van der Waals surface area contributed by atoms with Crippen molar-refractivity contribution in [2.24, 2.45) is 0 Å². The van der Waals surface area contributed by atoms with Gasteiger partial charge in [-0.25, -0.2) is 4.98 Å². The Morgan fingerprint density at radius 2 is 1.67 bits per heavy atom. The van der Waals surface area contributed by atoms with Gasteiger partial charge in [0.05, 0.1) is 23.2 Å². The molecule has 3 aromatic rings. The van der Waals surface area contributed by atoms with Crippen LogP contribution >= 0.6 is 11.8 Å². The Morgan fingerprint density at radius 1 is 0.958 bits per heavy atom. The highest BCUT2D eigenvalue weighted by Crippen LogP contribution is 2.18. The Kier molecular flexibility index (Phi) is 5.12. The lowest BCUT2D eigenvalue weighted by atomic mass is 10.1. The molecule has 122 valence electrons. The summed E-state index contributed by atoms with van der Waals surface area (Å²) < 4.78 is 0. The topological polar surface area (TPSA) is 86.9 Å². The lowest BCUT2D eigenvalue weighted by Gasteiger charge is -2.06. The summed E-state index contributed by atoms with van der Waals surface area (Å²) >= 11 is 1.28. The van der Waals surface area contributed by atoms with E-state index in [-0.39, 0.29) is 24.0 Å². The molecule has 0 atom stereocenters. The van der Waals surface area contributed by atoms with Gasteiger partial charge in [0.15, 0.2) is 5.16 Å². The van der Waals surface area contributed by atoms with Gasteiger partial charge in [-0.15, -0.1) is 0 Å². The largest absolute Gasteiger partial charge is 0.333 e. The van der Waals surface area contributed by atoms with E-state index in [0.29, 0.717) is 5.16 Å². The molecule has 0 saturated carbocycles. The SMILES string of the molecule is O=C(CSc1nc2ccccc2[nH]1)NNC(=O)Cc1ccccc1. The second-order valence-corrected chi connectivity index (χ2v) is 6.07. The Labute approximate surface area is 143 Å². The number of carbonyl (C=O) groups is 2. The van der Waals surface area contributed by atoms with Crippen molar-refractivity contribution in [1.82, 2.24) is 20.8 Å². The number of hydrogen-bond donors (Lipinski definition) is 3. The number of carbonyl (C=O) groups excluding carboxylic acids is 2. The van der Waals surface area contributed by atoms with E-state index in [4.69, 9.17) is 0 Å². The van der Waals surface area contributed by atoms with Crippen molar-refractivity contribution < 1.29 is 9.59 Å². The van der Waals surface area contributed by atoms with E-state index in [2.05, 4.69) is 20.8 Å². The minimum Gasteiger partial charge on any atom is -0.333 e. The Balaban J connectivity index is 1.43. The summed E-state index contributed by atoms with van der Waals surface area (Å²) in [7, 11) is 0. The third kappa shape index (κ3) is 4.36. The Morgan fingerprint density at radius 3 is 2.46 bits per heavy atom. The lowest BCUT2D eigenvalue weighted by Crippen LogP contribution is -2.43. The first-order valence-electron chi connectivity index (χ1n) is 7.40. The van der Waals surface area contributed by atoms with Crippen LogP contribution in [0.4, 0.5) is 0 Å². The van der Waals surface area contributed by atoms with E-state index in [1.807, 2.05) is 54.6 Å². The number of amides is 2. The molecule has 2 aromatic carbocycles. The molecular formula is C17H16N4O2S. The predicted molar refractivity (Wildman–Crippen MR) is 93.2 cm³/mol. The average molecular weight is 340 g/mol. The number of hydrogen-bond acceptors (Lipinski definition) is 4. The molecule has 2 amide bonds. The van der Waals surface area contributed by atoms with E-state index in [1.165, 1.54) is 11.8 Å². The molecule has 0 fully saturated rings. The Hall–Kier alpha value is -2.80. The Bertz CT molecular complexity index is 815. The summed E-state index contributed by atoms with van der Waals surface area (Å²) in [6.07, 6.45) is 0.220. The maximum absolute atomic E-state index is 11.8. The van der Waals surface area contributed by atoms with Gasteiger partial charge in [0.25, 0.3) is 0 Å². The summed E-state index contributed by atoms with van der Waals surface area (Å²) in [5, 5.41) is 0.668. The third-order valence-electron chi connectivity index (χ3n) is 3.26. The number of thioether (sulfide) groups is 1. The standard InChI is InChI=1S/C17H16N4O2S/c22-15(10-12-6-2-1-3-7-12)20-21-16(23)11-24-17-18-13-8-4-5-9-14(13)19-17/h1-9H,10-11H2,(H,18,19)(H,20,22)(H,21,23). The smallest absolute Gasteiger partial charge is 0.248 e. The van der Waals surface area contributed by atoms with Gasteiger partial charge in [-0.1, -0.05) is 54.2 Å². The molecule has 0 spiro atoms. The first-order chi connectivity index (χ1) is 11.7. The van der Waals surface area contributed by atoms with Gasteiger partial charge in [-0.3, -0.25) is 20.4 Å². The quantitative estimate of drug-likeness (QED) is 0.490. The summed E-state index contributed by atoms with van der Waals surface area (Å²) in [4.78, 5) is 31.1. The molecular weight excluding hydrogens is 324 g/mol. The summed E-state index contributed by atoms with van der Waals surface area (Å²) in [5.41, 5.74) is 7.49. The molecule has 1 aromatic heterocycles. The molecule has 1 heterocycles. The van der Waals surface area contributed by atoms with Crippen molar-refractivity contribution in [2.45, 2.75) is 11.6 Å². The zero-order chi connectivity index (χ0) is 16.8. The minimum absolute atomic E-state index is 0.158. The minimum atomic E-state index is -0.290. The van der Waals surface area contributed by atoms with Crippen molar-refractivity contribution >= 4 is 34.6 Å². The number of rotatable bonds is 5. The van der Waals surface area contributed by atoms with Gasteiger partial charge in [0, 0.05) is 0 Å². The highest BCUT2D eigenvalue weighted by atomic mass is 32.2. The van der Waals surface area contributed by atoms with Crippen molar-refractivity contribution in [1.29, 1.82) is 0 Å². The number of para-hydroxylation sites is 2. The van der Waals surface area contributed by atoms with Crippen molar-refractivity contribution in [3.05, 3.63) is 60.2 Å². The van der Waals surface area contributed by atoms with Gasteiger partial charge in [-0.05, 0) is 17.7 Å². The van der Waals surface area contributed by atoms with Crippen molar-refractivity contribution in [3.8, 4) is 0 Å². The van der Waals surface area contributed by atoms with Crippen LogP contribution in [0.5, 0.6) is 0 Å². The van der Waals surface area contributed by atoms with E-state index in [9.17, 15) is 9.59 Å². The van der Waals surface area contributed by atoms with Crippen LogP contribution in [-0.2, 0) is 16.0 Å². The molecule has 3 N–H and O–H groups in total. The second-order valence-electron chi connectivity index (χ2n) is 5.11. The lowest BCUT2D eigenvalue weighted by molar-refractivity contribution is -0.127. The van der Waals surface area contributed by atoms with E-state index in [1.54, 1.807) is 0 Å². The second kappa shape index (κ2) is 7.65. The van der Waals surface area contributed by atoms with Crippen LogP contribution in [0.1, 0.15) is 5.56 Å². The number of fused-ring (bicyclic) bond motifs is 1. The molecule has 7 heteroatoms. The van der Waals surface area contributed by atoms with Crippen LogP contribution in [0.25, 0.3) is 11.0 Å². The van der Waals surface area contributed by atoms with Crippen LogP contribution in [-0.4, -0.2) is 27.5 Å². The predicted octanol–water partition coefficient (Wildman–Crippen LogP) is 2.05. The molecule has 24 heavy (non-hydrogen) atoms. The first kappa shape index (κ1) is 16.1. The number of aromatic amines is 1. The zero-order valence-corrected chi connectivity index (χ0v) is 13.6.